The minimum Gasteiger partial charge on any atom is -0.417 e. The minimum atomic E-state index is -3.15. The van der Waals surface area contributed by atoms with E-state index in [1.165, 1.54) is 14.2 Å². The predicted molar refractivity (Wildman–Crippen MR) is 178 cm³/mol. The second kappa shape index (κ2) is 16.6. The number of hydrogen-bond acceptors (Lipinski definition) is 8. The zero-order valence-electron chi connectivity index (χ0n) is 28.2. The first kappa shape index (κ1) is 36.4. The summed E-state index contributed by atoms with van der Waals surface area (Å²) in [4.78, 5) is 63.0. The second-order valence-corrected chi connectivity index (χ2v) is 14.9. The topological polar surface area (TPSA) is 157 Å². The van der Waals surface area contributed by atoms with Crippen molar-refractivity contribution in [1.29, 1.82) is 0 Å². The lowest BCUT2D eigenvalue weighted by Gasteiger charge is -2.39. The Balaban J connectivity index is 1.65. The molecule has 2 saturated heterocycles. The summed E-state index contributed by atoms with van der Waals surface area (Å²) in [6.45, 7) is 4.25. The van der Waals surface area contributed by atoms with E-state index >= 15 is 0 Å². The molecule has 0 aliphatic carbocycles. The third-order valence-corrected chi connectivity index (χ3v) is 11.5. The van der Waals surface area contributed by atoms with Gasteiger partial charge in [-0.25, -0.2) is 0 Å². The van der Waals surface area contributed by atoms with Crippen LogP contribution in [-0.4, -0.2) is 91.5 Å². The summed E-state index contributed by atoms with van der Waals surface area (Å²) >= 11 is 0. The monoisotopic (exact) mass is 675 g/mol. The van der Waals surface area contributed by atoms with E-state index in [4.69, 9.17) is 13.9 Å². The van der Waals surface area contributed by atoms with Crippen molar-refractivity contribution < 1.29 is 37.6 Å². The maximum Gasteiger partial charge on any atom is 0.330 e. The highest BCUT2D eigenvalue weighted by atomic mass is 31.2. The van der Waals surface area contributed by atoms with E-state index in [2.05, 4.69) is 16.0 Å². The lowest BCUT2D eigenvalue weighted by atomic mass is 9.93. The Bertz CT molecular complexity index is 1460. The van der Waals surface area contributed by atoms with Gasteiger partial charge in [-0.2, -0.15) is 4.73 Å². The molecule has 1 aromatic carbocycles. The molecule has 0 spiro atoms. The van der Waals surface area contributed by atoms with Gasteiger partial charge in [-0.1, -0.05) is 51.3 Å². The Labute approximate surface area is 276 Å². The van der Waals surface area contributed by atoms with E-state index in [0.717, 1.165) is 29.3 Å². The van der Waals surface area contributed by atoms with Gasteiger partial charge in [0, 0.05) is 38.8 Å². The number of unbranched alkanes of at least 4 members (excludes halogenated alkanes) is 2. The van der Waals surface area contributed by atoms with Crippen LogP contribution in [0.1, 0.15) is 70.8 Å². The number of rotatable bonds is 13. The van der Waals surface area contributed by atoms with Crippen LogP contribution >= 0.6 is 7.60 Å². The van der Waals surface area contributed by atoms with Gasteiger partial charge in [-0.05, 0) is 49.7 Å². The number of nitrogens with one attached hydrogen (secondary N) is 3. The Kier molecular flexibility index (Phi) is 12.9. The van der Waals surface area contributed by atoms with Crippen molar-refractivity contribution in [3.8, 4) is 0 Å². The first-order valence-electron chi connectivity index (χ1n) is 16.6. The average Bonchev–Trinajstić information content (AvgIpc) is 3.45. The molecule has 2 aliphatic heterocycles. The van der Waals surface area contributed by atoms with Crippen LogP contribution in [0, 0.1) is 5.92 Å². The first-order chi connectivity index (χ1) is 22.5. The van der Waals surface area contributed by atoms with Crippen LogP contribution < -0.4 is 20.8 Å². The average molecular weight is 676 g/mol. The van der Waals surface area contributed by atoms with E-state index in [0.29, 0.717) is 38.6 Å². The molecule has 2 aliphatic rings. The molecule has 14 heteroatoms. The van der Waals surface area contributed by atoms with Gasteiger partial charge in [0.05, 0.1) is 11.7 Å². The number of carbonyl (C=O) groups excluding carboxylic acids is 4. The van der Waals surface area contributed by atoms with Crippen molar-refractivity contribution in [2.24, 2.45) is 5.92 Å². The van der Waals surface area contributed by atoms with Crippen LogP contribution in [-0.2, 0) is 39.2 Å². The molecule has 13 nitrogen and oxygen atoms in total. The molecule has 0 radical (unpaired) electrons. The summed E-state index contributed by atoms with van der Waals surface area (Å²) in [5, 5.41) is 9.69. The number of para-hydroxylation sites is 1. The Morgan fingerprint density at radius 2 is 1.62 bits per heavy atom. The van der Waals surface area contributed by atoms with Crippen molar-refractivity contribution in [2.45, 2.75) is 95.8 Å². The van der Waals surface area contributed by atoms with Crippen LogP contribution in [0.2, 0.25) is 0 Å². The van der Waals surface area contributed by atoms with Crippen LogP contribution in [0.3, 0.4) is 0 Å². The summed E-state index contributed by atoms with van der Waals surface area (Å²) in [6, 6.07) is 4.03. The summed E-state index contributed by atoms with van der Waals surface area (Å²) < 4.78 is 24.1. The van der Waals surface area contributed by atoms with Crippen LogP contribution in [0.5, 0.6) is 0 Å². The van der Waals surface area contributed by atoms with Gasteiger partial charge in [-0.15, -0.1) is 0 Å². The zero-order valence-corrected chi connectivity index (χ0v) is 29.1. The number of hydrogen-bond donors (Lipinski definition) is 3. The van der Waals surface area contributed by atoms with Crippen LogP contribution in [0.25, 0.3) is 10.9 Å². The van der Waals surface area contributed by atoms with Crippen molar-refractivity contribution in [3.05, 3.63) is 36.0 Å². The SMILES string of the molecule is CC[C@H](C)[C@@H]1NC(=O)[C@H](Cc2cn(OC)c3ccccc23)NC(=O)[C@H](CCCCCP(=O)(OC)OC)NC(=O)[C@H]2CCCCN2C1=O. The standard InChI is InChI=1S/C33H50N5O8P/c1-6-22(2)29-33(42)37-18-12-11-17-28(37)32(41)34-25(15-8-7-13-19-47(43,45-4)46-5)30(39)35-26(31(40)36-29)20-23-21-38(44-3)27-16-10-9-14-24(23)27/h9-10,14,16,21-22,25-26,28-29H,6-8,11-13,15,17-20H2,1-5H3,(H,34,41)(H,35,39)(H,36,40)/t22-,25-,26-,28+,29-/m0/s1. The van der Waals surface area contributed by atoms with Crippen molar-refractivity contribution in [3.63, 3.8) is 0 Å². The highest BCUT2D eigenvalue weighted by Crippen LogP contribution is 2.47. The van der Waals surface area contributed by atoms with Gasteiger partial charge < -0.3 is 34.7 Å². The van der Waals surface area contributed by atoms with Gasteiger partial charge in [0.15, 0.2) is 0 Å². The number of fused-ring (bicyclic) bond motifs is 2. The fourth-order valence-corrected chi connectivity index (χ4v) is 7.57. The van der Waals surface area contributed by atoms with Gasteiger partial charge in [0.1, 0.15) is 31.3 Å². The van der Waals surface area contributed by atoms with Crippen molar-refractivity contribution in [1.82, 2.24) is 25.6 Å². The molecule has 1 aromatic heterocycles. The molecule has 0 unspecified atom stereocenters. The van der Waals surface area contributed by atoms with Crippen molar-refractivity contribution >= 4 is 42.1 Å². The third-order valence-electron chi connectivity index (χ3n) is 9.49. The third kappa shape index (κ3) is 8.74. The first-order valence-corrected chi connectivity index (χ1v) is 18.3. The molecular formula is C33H50N5O8P. The summed E-state index contributed by atoms with van der Waals surface area (Å²) in [6.07, 6.45) is 6.75. The van der Waals surface area contributed by atoms with Gasteiger partial charge in [0.2, 0.25) is 23.6 Å². The summed E-state index contributed by atoms with van der Waals surface area (Å²) in [5.74, 6) is -1.82. The second-order valence-electron chi connectivity index (χ2n) is 12.5. The minimum absolute atomic E-state index is 0.131. The summed E-state index contributed by atoms with van der Waals surface area (Å²) in [5.41, 5.74) is 1.59. The predicted octanol–water partition coefficient (Wildman–Crippen LogP) is 3.18. The normalized spacial score (nSPS) is 23.6. The van der Waals surface area contributed by atoms with Gasteiger partial charge >= 0.3 is 7.60 Å². The number of benzene rings is 1. The molecule has 3 heterocycles. The molecule has 47 heavy (non-hydrogen) atoms. The molecule has 3 N–H and O–H groups in total. The largest absolute Gasteiger partial charge is 0.417 e. The van der Waals surface area contributed by atoms with E-state index in [1.54, 1.807) is 22.9 Å². The molecule has 260 valence electrons. The van der Waals surface area contributed by atoms with Gasteiger partial charge in [-0.3, -0.25) is 23.7 Å². The zero-order chi connectivity index (χ0) is 34.1. The van der Waals surface area contributed by atoms with Crippen LogP contribution in [0.15, 0.2) is 30.5 Å². The van der Waals surface area contributed by atoms with Gasteiger partial charge in [0.25, 0.3) is 0 Å². The number of carbonyl (C=O) groups is 4. The fourth-order valence-electron chi connectivity index (χ4n) is 6.44. The van der Waals surface area contributed by atoms with E-state index in [9.17, 15) is 23.7 Å². The smallest absolute Gasteiger partial charge is 0.330 e. The number of nitrogens with zero attached hydrogens (tertiary/aromatic N) is 2. The molecule has 5 atom stereocenters. The summed E-state index contributed by atoms with van der Waals surface area (Å²) in [7, 11) is 1.09. The van der Waals surface area contributed by atoms with Crippen molar-refractivity contribution in [2.75, 3.05) is 34.0 Å². The number of aromatic nitrogens is 1. The Hall–Kier alpha value is -3.41. The molecule has 2 fully saturated rings. The number of amides is 4. The molecule has 0 saturated carbocycles. The maximum absolute atomic E-state index is 14.1. The Morgan fingerprint density at radius 3 is 2.32 bits per heavy atom. The fraction of sp³-hybridized carbons (Fsp3) is 0.636. The molecule has 2 aromatic rings. The van der Waals surface area contributed by atoms with E-state index in [-0.39, 0.29) is 36.7 Å². The van der Waals surface area contributed by atoms with Crippen LogP contribution in [0.4, 0.5) is 0 Å². The van der Waals surface area contributed by atoms with E-state index in [1.807, 2.05) is 38.1 Å². The number of piperidine rings is 1. The molecular weight excluding hydrogens is 625 g/mol. The lowest BCUT2D eigenvalue weighted by Crippen LogP contribution is -2.64. The highest BCUT2D eigenvalue weighted by molar-refractivity contribution is 7.53. The van der Waals surface area contributed by atoms with E-state index < -0.39 is 43.6 Å². The lowest BCUT2D eigenvalue weighted by molar-refractivity contribution is -0.147. The highest BCUT2D eigenvalue weighted by Gasteiger charge is 2.41. The maximum atomic E-state index is 14.1. The molecule has 0 bridgehead atoms. The molecule has 4 amide bonds. The quantitative estimate of drug-likeness (QED) is 0.216. The molecule has 4 rings (SSSR count). The Morgan fingerprint density at radius 1 is 0.915 bits per heavy atom.